The maximum atomic E-state index is 9.32. The molecule has 0 spiro atoms. The van der Waals surface area contributed by atoms with E-state index < -0.39 is 0 Å². The van der Waals surface area contributed by atoms with Crippen molar-refractivity contribution in [3.05, 3.63) is 5.82 Å². The average molecular weight is 225 g/mol. The van der Waals surface area contributed by atoms with Crippen LogP contribution < -0.4 is 5.32 Å². The van der Waals surface area contributed by atoms with Crippen LogP contribution in [0.4, 0.5) is 5.13 Å². The highest BCUT2D eigenvalue weighted by molar-refractivity contribution is 7.09. The van der Waals surface area contributed by atoms with Crippen LogP contribution in [0.25, 0.3) is 0 Å². The number of nitrogens with one attached hydrogen (secondary N) is 1. The van der Waals surface area contributed by atoms with E-state index in [4.69, 9.17) is 0 Å². The Morgan fingerprint density at radius 2 is 2.27 bits per heavy atom. The topological polar surface area (TPSA) is 58.0 Å². The van der Waals surface area contributed by atoms with Crippen LogP contribution in [0.2, 0.25) is 0 Å². The van der Waals surface area contributed by atoms with Crippen LogP contribution in [0.15, 0.2) is 0 Å². The lowest BCUT2D eigenvalue weighted by Crippen LogP contribution is -2.48. The lowest BCUT2D eigenvalue weighted by molar-refractivity contribution is 0.144. The van der Waals surface area contributed by atoms with Crippen LogP contribution >= 0.6 is 11.5 Å². The molecule has 0 bridgehead atoms. The highest BCUT2D eigenvalue weighted by atomic mass is 32.1. The largest absolute Gasteiger partial charge is 0.394 e. The van der Waals surface area contributed by atoms with Crippen LogP contribution in [0, 0.1) is 0 Å². The molecule has 2 N–H and O–H groups in total. The first-order valence-electron chi connectivity index (χ1n) is 5.54. The molecule has 0 atom stereocenters. The van der Waals surface area contributed by atoms with Crippen LogP contribution in [0.3, 0.4) is 0 Å². The molecule has 0 radical (unpaired) electrons. The smallest absolute Gasteiger partial charge is 0.203 e. The second-order valence-corrected chi connectivity index (χ2v) is 5.40. The van der Waals surface area contributed by atoms with E-state index in [0.29, 0.717) is 5.92 Å². The molecule has 2 aliphatic carbocycles. The minimum absolute atomic E-state index is 0.0969. The molecule has 0 aromatic carbocycles. The van der Waals surface area contributed by atoms with E-state index in [2.05, 4.69) is 14.7 Å². The molecule has 15 heavy (non-hydrogen) atoms. The highest BCUT2D eigenvalue weighted by Crippen LogP contribution is 2.40. The van der Waals surface area contributed by atoms with E-state index >= 15 is 0 Å². The minimum atomic E-state index is -0.0969. The van der Waals surface area contributed by atoms with Crippen molar-refractivity contribution in [2.75, 3.05) is 11.9 Å². The maximum Gasteiger partial charge on any atom is 0.203 e. The fourth-order valence-electron chi connectivity index (χ4n) is 1.95. The van der Waals surface area contributed by atoms with Crippen molar-refractivity contribution in [1.82, 2.24) is 9.36 Å². The number of aliphatic hydroxyl groups is 1. The lowest BCUT2D eigenvalue weighted by Gasteiger charge is -2.40. The Kier molecular flexibility index (Phi) is 2.17. The standard InChI is InChI=1S/C10H15N3OS/c14-6-10(4-1-5-10)12-9-11-8(13-15-9)7-2-3-7/h7,14H,1-6H2,(H,11,12,13). The first kappa shape index (κ1) is 9.54. The van der Waals surface area contributed by atoms with Gasteiger partial charge in [0.1, 0.15) is 5.82 Å². The fourth-order valence-corrected chi connectivity index (χ4v) is 2.71. The van der Waals surface area contributed by atoms with Gasteiger partial charge in [0.05, 0.1) is 12.1 Å². The van der Waals surface area contributed by atoms with E-state index in [1.54, 1.807) is 0 Å². The molecule has 0 unspecified atom stereocenters. The van der Waals surface area contributed by atoms with Crippen molar-refractivity contribution in [3.63, 3.8) is 0 Å². The van der Waals surface area contributed by atoms with Gasteiger partial charge in [-0.25, -0.2) is 4.98 Å². The number of aromatic nitrogens is 2. The van der Waals surface area contributed by atoms with Crippen LogP contribution in [0.1, 0.15) is 43.8 Å². The van der Waals surface area contributed by atoms with E-state index in [-0.39, 0.29) is 12.1 Å². The van der Waals surface area contributed by atoms with Crippen molar-refractivity contribution in [2.24, 2.45) is 0 Å². The van der Waals surface area contributed by atoms with E-state index in [0.717, 1.165) is 23.8 Å². The Morgan fingerprint density at radius 3 is 2.80 bits per heavy atom. The number of rotatable bonds is 4. The van der Waals surface area contributed by atoms with Crippen molar-refractivity contribution in [1.29, 1.82) is 0 Å². The Balaban J connectivity index is 1.70. The molecule has 0 amide bonds. The Morgan fingerprint density at radius 1 is 1.47 bits per heavy atom. The van der Waals surface area contributed by atoms with Gasteiger partial charge in [0.15, 0.2) is 0 Å². The summed E-state index contributed by atoms with van der Waals surface area (Å²) in [6.07, 6.45) is 5.76. The monoisotopic (exact) mass is 225 g/mol. The Bertz CT molecular complexity index is 352. The summed E-state index contributed by atoms with van der Waals surface area (Å²) < 4.78 is 4.34. The molecule has 1 aromatic rings. The maximum absolute atomic E-state index is 9.32. The molecule has 1 heterocycles. The zero-order valence-electron chi connectivity index (χ0n) is 8.57. The van der Waals surface area contributed by atoms with Crippen LogP contribution in [0.5, 0.6) is 0 Å². The molecule has 2 saturated carbocycles. The number of aliphatic hydroxyl groups excluding tert-OH is 1. The predicted octanol–water partition coefficient (Wildman–Crippen LogP) is 1.74. The highest BCUT2D eigenvalue weighted by Gasteiger charge is 2.37. The third kappa shape index (κ3) is 1.74. The molecule has 4 nitrogen and oxygen atoms in total. The molecule has 2 aliphatic rings. The molecule has 1 aromatic heterocycles. The third-order valence-electron chi connectivity index (χ3n) is 3.37. The Labute approximate surface area is 92.9 Å². The minimum Gasteiger partial charge on any atom is -0.394 e. The van der Waals surface area contributed by atoms with Crippen molar-refractivity contribution >= 4 is 16.7 Å². The molecule has 0 saturated heterocycles. The van der Waals surface area contributed by atoms with Crippen molar-refractivity contribution in [2.45, 2.75) is 43.6 Å². The average Bonchev–Trinajstić information content (AvgIpc) is 2.94. The fraction of sp³-hybridized carbons (Fsp3) is 0.800. The van der Waals surface area contributed by atoms with Gasteiger partial charge in [-0.1, -0.05) is 0 Å². The van der Waals surface area contributed by atoms with E-state index in [9.17, 15) is 5.11 Å². The summed E-state index contributed by atoms with van der Waals surface area (Å²) in [6, 6.07) is 0. The molecule has 5 heteroatoms. The second-order valence-electron chi connectivity index (χ2n) is 4.65. The SMILES string of the molecule is OCC1(Nc2nc(C3CC3)ns2)CCC1. The van der Waals surface area contributed by atoms with Gasteiger partial charge in [-0.3, -0.25) is 0 Å². The number of nitrogens with zero attached hydrogens (tertiary/aromatic N) is 2. The number of anilines is 1. The zero-order valence-corrected chi connectivity index (χ0v) is 9.39. The quantitative estimate of drug-likeness (QED) is 0.819. The molecular weight excluding hydrogens is 210 g/mol. The molecular formula is C10H15N3OS. The van der Waals surface area contributed by atoms with E-state index in [1.807, 2.05) is 0 Å². The molecule has 0 aliphatic heterocycles. The summed E-state index contributed by atoms with van der Waals surface area (Å²) in [6.45, 7) is 0.200. The molecule has 3 rings (SSSR count). The van der Waals surface area contributed by atoms with Gasteiger partial charge in [0, 0.05) is 17.5 Å². The van der Waals surface area contributed by atoms with Gasteiger partial charge in [-0.15, -0.1) is 0 Å². The summed E-state index contributed by atoms with van der Waals surface area (Å²) in [5.41, 5.74) is -0.0969. The van der Waals surface area contributed by atoms with Gasteiger partial charge in [-0.2, -0.15) is 4.37 Å². The Hall–Kier alpha value is -0.680. The number of hydrogen-bond donors (Lipinski definition) is 2. The normalized spacial score (nSPS) is 23.5. The first-order valence-corrected chi connectivity index (χ1v) is 6.31. The summed E-state index contributed by atoms with van der Waals surface area (Å²) in [7, 11) is 0. The van der Waals surface area contributed by atoms with Crippen LogP contribution in [-0.2, 0) is 0 Å². The summed E-state index contributed by atoms with van der Waals surface area (Å²) in [4.78, 5) is 4.47. The summed E-state index contributed by atoms with van der Waals surface area (Å²) in [5, 5.41) is 13.5. The third-order valence-corrected chi connectivity index (χ3v) is 4.01. The molecule has 2 fully saturated rings. The predicted molar refractivity (Wildman–Crippen MR) is 59.2 cm³/mol. The first-order chi connectivity index (χ1) is 7.31. The van der Waals surface area contributed by atoms with Crippen molar-refractivity contribution < 1.29 is 5.11 Å². The van der Waals surface area contributed by atoms with Gasteiger partial charge >= 0.3 is 0 Å². The summed E-state index contributed by atoms with van der Waals surface area (Å²) in [5.74, 6) is 1.61. The van der Waals surface area contributed by atoms with E-state index in [1.165, 1.54) is 30.8 Å². The summed E-state index contributed by atoms with van der Waals surface area (Å²) >= 11 is 1.43. The second kappa shape index (κ2) is 3.42. The van der Waals surface area contributed by atoms with Gasteiger partial charge in [0.25, 0.3) is 0 Å². The molecule has 82 valence electrons. The lowest BCUT2D eigenvalue weighted by atomic mass is 9.77. The van der Waals surface area contributed by atoms with Crippen molar-refractivity contribution in [3.8, 4) is 0 Å². The van der Waals surface area contributed by atoms with Gasteiger partial charge in [0.2, 0.25) is 5.13 Å². The zero-order chi connectivity index (χ0) is 10.3. The number of hydrogen-bond acceptors (Lipinski definition) is 5. The van der Waals surface area contributed by atoms with Gasteiger partial charge in [-0.05, 0) is 32.1 Å². The van der Waals surface area contributed by atoms with Crippen LogP contribution in [-0.4, -0.2) is 26.6 Å². The van der Waals surface area contributed by atoms with Gasteiger partial charge < -0.3 is 10.4 Å².